The Bertz CT molecular complexity index is 1300. The first-order valence-corrected chi connectivity index (χ1v) is 13.2. The minimum Gasteiger partial charge on any atom is -0.650 e. The van der Waals surface area contributed by atoms with Crippen molar-refractivity contribution in [2.75, 3.05) is 33.3 Å². The third-order valence-electron chi connectivity index (χ3n) is 7.10. The van der Waals surface area contributed by atoms with Crippen LogP contribution in [0.15, 0.2) is 72.8 Å². The zero-order valence-electron chi connectivity index (χ0n) is 21.6. The number of hydrogen-bond acceptors (Lipinski definition) is 4. The molecule has 1 fully saturated rings. The molecular formula is C30H33ClN3O3Y-. The second-order valence-corrected chi connectivity index (χ2v) is 10.3. The number of rotatable bonds is 5. The van der Waals surface area contributed by atoms with Crippen LogP contribution in [0.4, 0.5) is 0 Å². The molecule has 6 rings (SSSR count). The van der Waals surface area contributed by atoms with Gasteiger partial charge in [0, 0.05) is 66.8 Å². The van der Waals surface area contributed by atoms with Gasteiger partial charge in [-0.3, -0.25) is 0 Å². The van der Waals surface area contributed by atoms with E-state index < -0.39 is 0 Å². The van der Waals surface area contributed by atoms with Crippen LogP contribution >= 0.6 is 11.6 Å². The number of ether oxygens (including phenoxy) is 1. The molecule has 1 saturated heterocycles. The molecule has 2 atom stereocenters. The molecule has 0 amide bonds. The number of benzene rings is 3. The van der Waals surface area contributed by atoms with E-state index in [1.165, 1.54) is 41.6 Å². The van der Waals surface area contributed by atoms with Crippen LogP contribution in [0.25, 0.3) is 16.2 Å². The monoisotopic (exact) mass is 607 g/mol. The molecule has 2 unspecified atom stereocenters. The summed E-state index contributed by atoms with van der Waals surface area (Å²) >= 11 is 6.23. The number of halogens is 1. The van der Waals surface area contributed by atoms with Crippen molar-refractivity contribution < 1.29 is 47.6 Å². The van der Waals surface area contributed by atoms with Gasteiger partial charge in [-0.1, -0.05) is 53.5 Å². The van der Waals surface area contributed by atoms with Gasteiger partial charge in [0.25, 0.3) is 0 Å². The number of nitrogens with zero attached hydrogens (tertiary/aromatic N) is 2. The van der Waals surface area contributed by atoms with Gasteiger partial charge in [0.2, 0.25) is 0 Å². The second-order valence-electron chi connectivity index (χ2n) is 9.82. The van der Waals surface area contributed by atoms with E-state index in [0.29, 0.717) is 11.7 Å². The molecule has 197 valence electrons. The summed E-state index contributed by atoms with van der Waals surface area (Å²) in [6.07, 6.45) is 3.49. The SMILES string of the molecule is CN1CCCC(COc2ccc(C3[N-]CCc4c3[nH]c3ccc(Cl)cc43)cc2)C1.OOc1ccccc1.[Y]. The number of hydrogen-bond donors (Lipinski definition) is 2. The molecular weight excluding hydrogens is 575 g/mol. The summed E-state index contributed by atoms with van der Waals surface area (Å²) in [7, 11) is 2.20. The predicted molar refractivity (Wildman–Crippen MR) is 149 cm³/mol. The van der Waals surface area contributed by atoms with Crippen molar-refractivity contribution in [3.63, 3.8) is 0 Å². The molecule has 2 aliphatic heterocycles. The fourth-order valence-electron chi connectivity index (χ4n) is 5.26. The molecule has 2 N–H and O–H groups in total. The van der Waals surface area contributed by atoms with E-state index in [4.69, 9.17) is 26.9 Å². The van der Waals surface area contributed by atoms with Crippen LogP contribution in [0.2, 0.25) is 5.02 Å². The summed E-state index contributed by atoms with van der Waals surface area (Å²) < 4.78 is 6.09. The Morgan fingerprint density at radius 2 is 1.84 bits per heavy atom. The molecule has 0 spiro atoms. The Kier molecular flexibility index (Phi) is 10.7. The van der Waals surface area contributed by atoms with Gasteiger partial charge in [-0.05, 0) is 80.9 Å². The Morgan fingerprint density at radius 3 is 2.55 bits per heavy atom. The van der Waals surface area contributed by atoms with Gasteiger partial charge >= 0.3 is 0 Å². The van der Waals surface area contributed by atoms with Gasteiger partial charge in [0.15, 0.2) is 5.75 Å². The maximum atomic E-state index is 8.04. The van der Waals surface area contributed by atoms with Crippen LogP contribution in [-0.2, 0) is 39.1 Å². The summed E-state index contributed by atoms with van der Waals surface area (Å²) in [4.78, 5) is 9.90. The van der Waals surface area contributed by atoms with E-state index in [1.807, 2.05) is 12.1 Å². The molecule has 1 aromatic heterocycles. The van der Waals surface area contributed by atoms with Crippen molar-refractivity contribution >= 4 is 22.5 Å². The van der Waals surface area contributed by atoms with Gasteiger partial charge < -0.3 is 24.8 Å². The maximum absolute atomic E-state index is 8.04. The summed E-state index contributed by atoms with van der Waals surface area (Å²) in [6, 6.07) is 23.4. The van der Waals surface area contributed by atoms with Crippen LogP contribution in [0.5, 0.6) is 11.5 Å². The third-order valence-corrected chi connectivity index (χ3v) is 7.34. The zero-order valence-corrected chi connectivity index (χ0v) is 25.2. The number of H-pyrrole nitrogens is 1. The summed E-state index contributed by atoms with van der Waals surface area (Å²) in [5.74, 6) is 2.04. The van der Waals surface area contributed by atoms with Crippen LogP contribution in [0.1, 0.15) is 35.7 Å². The van der Waals surface area contributed by atoms with E-state index in [9.17, 15) is 0 Å². The number of likely N-dealkylation sites (tertiary alicyclic amines) is 1. The molecule has 4 aromatic rings. The molecule has 1 radical (unpaired) electrons. The number of nitrogens with one attached hydrogen (secondary N) is 1. The molecule has 8 heteroatoms. The Morgan fingerprint density at radius 1 is 1.05 bits per heavy atom. The summed E-state index contributed by atoms with van der Waals surface area (Å²) in [6.45, 7) is 3.97. The van der Waals surface area contributed by atoms with Crippen molar-refractivity contribution in [1.82, 2.24) is 9.88 Å². The topological polar surface area (TPSA) is 71.8 Å². The second kappa shape index (κ2) is 13.9. The first-order chi connectivity index (χ1) is 18.1. The molecule has 0 saturated carbocycles. The number of fused-ring (bicyclic) bond motifs is 3. The van der Waals surface area contributed by atoms with Gasteiger partial charge in [-0.25, -0.2) is 5.26 Å². The Hall–Kier alpha value is -1.93. The molecule has 0 bridgehead atoms. The van der Waals surface area contributed by atoms with Crippen molar-refractivity contribution in [2.24, 2.45) is 5.92 Å². The van der Waals surface area contributed by atoms with Crippen molar-refractivity contribution in [3.05, 3.63) is 100.0 Å². The van der Waals surface area contributed by atoms with E-state index >= 15 is 0 Å². The number of piperidine rings is 1. The molecule has 0 aliphatic carbocycles. The van der Waals surface area contributed by atoms with E-state index in [0.717, 1.165) is 42.4 Å². The first kappa shape index (κ1) is 29.1. The summed E-state index contributed by atoms with van der Waals surface area (Å²) in [5, 5.41) is 15.0. The zero-order chi connectivity index (χ0) is 25.6. The van der Waals surface area contributed by atoms with E-state index in [-0.39, 0.29) is 38.8 Å². The fraction of sp³-hybridized carbons (Fsp3) is 0.333. The van der Waals surface area contributed by atoms with Crippen LogP contribution in [-0.4, -0.2) is 48.4 Å². The predicted octanol–water partition coefficient (Wildman–Crippen LogP) is 7.10. The molecule has 3 heterocycles. The van der Waals surface area contributed by atoms with E-state index in [2.05, 4.69) is 58.2 Å². The first-order valence-electron chi connectivity index (χ1n) is 12.8. The van der Waals surface area contributed by atoms with Gasteiger partial charge in [-0.2, -0.15) is 0 Å². The molecule has 38 heavy (non-hydrogen) atoms. The number of aromatic nitrogens is 1. The number of para-hydroxylation sites is 1. The van der Waals surface area contributed by atoms with Crippen molar-refractivity contribution in [3.8, 4) is 11.5 Å². The quantitative estimate of drug-likeness (QED) is 0.188. The van der Waals surface area contributed by atoms with Crippen LogP contribution < -0.4 is 9.62 Å². The number of aromatic amines is 1. The smallest absolute Gasteiger partial charge is 0.165 e. The maximum Gasteiger partial charge on any atom is 0.165 e. The molecule has 6 nitrogen and oxygen atoms in total. The molecule has 3 aromatic carbocycles. The van der Waals surface area contributed by atoms with Crippen LogP contribution in [0.3, 0.4) is 0 Å². The van der Waals surface area contributed by atoms with Crippen molar-refractivity contribution in [1.29, 1.82) is 0 Å². The largest absolute Gasteiger partial charge is 0.650 e. The minimum absolute atomic E-state index is 0. The Labute approximate surface area is 254 Å². The Balaban J connectivity index is 0.000000323. The standard InChI is InChI=1S/C24H27ClN3O.C6H6O2.Y/c1-28-12-2-3-16(14-28)15-29-19-7-4-17(5-8-19)23-24-20(10-11-26-23)21-13-18(25)6-9-22(21)27-24;7-8-6-4-2-1-3-5-6;/h4-9,13,16,23,27H,2-3,10-12,14-15H2,1H3;1-5,7H;/q-1;;. The molecule has 2 aliphatic rings. The van der Waals surface area contributed by atoms with E-state index in [1.54, 1.807) is 24.3 Å². The van der Waals surface area contributed by atoms with Gasteiger partial charge in [0.05, 0.1) is 6.61 Å². The fourth-order valence-corrected chi connectivity index (χ4v) is 5.44. The normalized spacial score (nSPS) is 19.0. The van der Waals surface area contributed by atoms with Gasteiger partial charge in [0.1, 0.15) is 5.75 Å². The third kappa shape index (κ3) is 7.18. The summed E-state index contributed by atoms with van der Waals surface area (Å²) in [5.41, 5.74) is 4.89. The van der Waals surface area contributed by atoms with Crippen molar-refractivity contribution in [2.45, 2.75) is 25.3 Å². The average Bonchev–Trinajstić information content (AvgIpc) is 3.31. The average molecular weight is 608 g/mol. The van der Waals surface area contributed by atoms with Crippen LogP contribution in [0, 0.1) is 5.92 Å². The van der Waals surface area contributed by atoms with Gasteiger partial charge in [-0.15, -0.1) is 6.54 Å². The minimum atomic E-state index is 0.